The molecular weight excluding hydrogens is 252 g/mol. The number of hydrogen-bond donors (Lipinski definition) is 0. The van der Waals surface area contributed by atoms with E-state index in [0.717, 1.165) is 19.3 Å². The van der Waals surface area contributed by atoms with Gasteiger partial charge in [0, 0.05) is 5.56 Å². The van der Waals surface area contributed by atoms with E-state index in [2.05, 4.69) is 19.1 Å². The Labute approximate surface area is 120 Å². The Balaban J connectivity index is 2.25. The first-order valence-corrected chi connectivity index (χ1v) is 6.82. The fourth-order valence-electron chi connectivity index (χ4n) is 1.56. The average molecular weight is 272 g/mol. The summed E-state index contributed by atoms with van der Waals surface area (Å²) in [6.45, 7) is 2.23. The largest absolute Gasteiger partial charge is 0.455 e. The van der Waals surface area contributed by atoms with E-state index >= 15 is 0 Å². The number of unbranched alkanes of at least 4 members (excludes halogenated alkanes) is 1. The van der Waals surface area contributed by atoms with Crippen LogP contribution in [0, 0.1) is 0 Å². The van der Waals surface area contributed by atoms with Crippen LogP contribution < -0.4 is 0 Å². The van der Waals surface area contributed by atoms with Crippen molar-refractivity contribution in [3.63, 3.8) is 0 Å². The van der Waals surface area contributed by atoms with Crippen LogP contribution in [0.4, 0.5) is 0 Å². The highest BCUT2D eigenvalue weighted by molar-refractivity contribution is 6.40. The molecule has 3 heteroatoms. The third kappa shape index (κ3) is 6.14. The van der Waals surface area contributed by atoms with Crippen molar-refractivity contribution in [2.24, 2.45) is 0 Å². The first-order chi connectivity index (χ1) is 9.75. The number of carbonyl (C=O) groups is 2. The fraction of sp³-hybridized carbons (Fsp3) is 0.294. The summed E-state index contributed by atoms with van der Waals surface area (Å²) in [6, 6.07) is 8.41. The maximum absolute atomic E-state index is 11.7. The van der Waals surface area contributed by atoms with Gasteiger partial charge in [0.15, 0.2) is 0 Å². The van der Waals surface area contributed by atoms with Crippen molar-refractivity contribution in [3.05, 3.63) is 60.2 Å². The van der Waals surface area contributed by atoms with E-state index in [0.29, 0.717) is 5.56 Å². The summed E-state index contributed by atoms with van der Waals surface area (Å²) in [7, 11) is 0. The molecule has 0 unspecified atom stereocenters. The molecule has 0 saturated carbocycles. The summed E-state index contributed by atoms with van der Waals surface area (Å²) in [5.74, 6) is -1.42. The first kappa shape index (κ1) is 15.9. The minimum atomic E-state index is -0.813. The van der Waals surface area contributed by atoms with Crippen LogP contribution in [-0.4, -0.2) is 18.4 Å². The third-order valence-electron chi connectivity index (χ3n) is 2.60. The zero-order valence-electron chi connectivity index (χ0n) is 11.7. The van der Waals surface area contributed by atoms with Crippen LogP contribution in [-0.2, 0) is 9.53 Å². The van der Waals surface area contributed by atoms with Crippen LogP contribution in [0.3, 0.4) is 0 Å². The molecule has 0 aliphatic rings. The number of ether oxygens (including phenoxy) is 1. The number of hydrogen-bond acceptors (Lipinski definition) is 3. The van der Waals surface area contributed by atoms with Gasteiger partial charge in [-0.2, -0.15) is 0 Å². The average Bonchev–Trinajstić information content (AvgIpc) is 2.50. The standard InChI is InChI=1S/C17H20O3/c1-2-3-4-5-6-7-11-14-20-17(19)16(18)15-12-9-8-10-13-15/h3-4,7-13H,2,5-6,14H2,1H3/b4-3-,11-7+. The summed E-state index contributed by atoms with van der Waals surface area (Å²) in [5.41, 5.74) is 0.353. The normalized spacial score (nSPS) is 11.1. The lowest BCUT2D eigenvalue weighted by molar-refractivity contribution is -0.136. The molecule has 0 aliphatic carbocycles. The summed E-state index contributed by atoms with van der Waals surface area (Å²) >= 11 is 0. The van der Waals surface area contributed by atoms with E-state index < -0.39 is 11.8 Å². The monoisotopic (exact) mass is 272 g/mol. The van der Waals surface area contributed by atoms with Crippen LogP contribution in [0.1, 0.15) is 36.5 Å². The van der Waals surface area contributed by atoms with Crippen molar-refractivity contribution in [1.29, 1.82) is 0 Å². The topological polar surface area (TPSA) is 43.4 Å². The van der Waals surface area contributed by atoms with E-state index in [1.54, 1.807) is 36.4 Å². The van der Waals surface area contributed by atoms with Crippen molar-refractivity contribution in [1.82, 2.24) is 0 Å². The molecule has 0 N–H and O–H groups in total. The molecule has 0 heterocycles. The highest BCUT2D eigenvalue weighted by Gasteiger charge is 2.16. The summed E-state index contributed by atoms with van der Waals surface area (Å²) in [6.07, 6.45) is 10.9. The summed E-state index contributed by atoms with van der Waals surface area (Å²) in [4.78, 5) is 23.2. The number of ketones is 1. The Kier molecular flexibility index (Phi) is 7.73. The van der Waals surface area contributed by atoms with Crippen molar-refractivity contribution in [2.45, 2.75) is 26.2 Å². The number of allylic oxidation sites excluding steroid dienone is 3. The number of Topliss-reactive ketones (excluding diaryl/α,β-unsaturated/α-hetero) is 1. The molecule has 1 aromatic carbocycles. The molecule has 0 aliphatic heterocycles. The van der Waals surface area contributed by atoms with Crippen LogP contribution in [0.2, 0.25) is 0 Å². The zero-order chi connectivity index (χ0) is 14.6. The van der Waals surface area contributed by atoms with Crippen LogP contribution in [0.15, 0.2) is 54.6 Å². The van der Waals surface area contributed by atoms with Crippen molar-refractivity contribution in [2.75, 3.05) is 6.61 Å². The molecular formula is C17H20O3. The fourth-order valence-corrected chi connectivity index (χ4v) is 1.56. The lowest BCUT2D eigenvalue weighted by atomic mass is 10.1. The minimum absolute atomic E-state index is 0.134. The second-order valence-corrected chi connectivity index (χ2v) is 4.22. The van der Waals surface area contributed by atoms with Gasteiger partial charge in [-0.3, -0.25) is 4.79 Å². The van der Waals surface area contributed by atoms with Gasteiger partial charge < -0.3 is 4.74 Å². The van der Waals surface area contributed by atoms with Gasteiger partial charge in [0.05, 0.1) is 0 Å². The molecule has 0 spiro atoms. The predicted octanol–water partition coefficient (Wildman–Crippen LogP) is 3.72. The van der Waals surface area contributed by atoms with Gasteiger partial charge >= 0.3 is 5.97 Å². The van der Waals surface area contributed by atoms with Crippen molar-refractivity contribution < 1.29 is 14.3 Å². The van der Waals surface area contributed by atoms with Gasteiger partial charge in [-0.05, 0) is 19.3 Å². The molecule has 0 amide bonds. The lowest BCUT2D eigenvalue weighted by Gasteiger charge is -2.00. The Hall–Kier alpha value is -2.16. The highest BCUT2D eigenvalue weighted by Crippen LogP contribution is 2.01. The Bertz CT molecular complexity index is 472. The first-order valence-electron chi connectivity index (χ1n) is 6.82. The van der Waals surface area contributed by atoms with Gasteiger partial charge in [-0.1, -0.05) is 61.6 Å². The molecule has 0 saturated heterocycles. The third-order valence-corrected chi connectivity index (χ3v) is 2.60. The van der Waals surface area contributed by atoms with E-state index in [1.807, 2.05) is 6.08 Å². The van der Waals surface area contributed by atoms with Crippen LogP contribution >= 0.6 is 0 Å². The quantitative estimate of drug-likeness (QED) is 0.238. The molecule has 3 nitrogen and oxygen atoms in total. The van der Waals surface area contributed by atoms with Crippen molar-refractivity contribution >= 4 is 11.8 Å². The number of rotatable bonds is 8. The van der Waals surface area contributed by atoms with E-state index in [1.165, 1.54) is 0 Å². The number of carbonyl (C=O) groups excluding carboxylic acids is 2. The highest BCUT2D eigenvalue weighted by atomic mass is 16.5. The Morgan fingerprint density at radius 1 is 1.00 bits per heavy atom. The lowest BCUT2D eigenvalue weighted by Crippen LogP contribution is -2.17. The van der Waals surface area contributed by atoms with Gasteiger partial charge in [0.2, 0.25) is 0 Å². The number of esters is 1. The molecule has 20 heavy (non-hydrogen) atoms. The maximum atomic E-state index is 11.7. The molecule has 0 radical (unpaired) electrons. The molecule has 0 bridgehead atoms. The summed E-state index contributed by atoms with van der Waals surface area (Å²) < 4.78 is 4.89. The van der Waals surface area contributed by atoms with E-state index in [9.17, 15) is 9.59 Å². The Morgan fingerprint density at radius 2 is 1.65 bits per heavy atom. The molecule has 0 aromatic heterocycles. The summed E-state index contributed by atoms with van der Waals surface area (Å²) in [5, 5.41) is 0. The van der Waals surface area contributed by atoms with Gasteiger partial charge in [-0.25, -0.2) is 4.79 Å². The maximum Gasteiger partial charge on any atom is 0.379 e. The smallest absolute Gasteiger partial charge is 0.379 e. The Morgan fingerprint density at radius 3 is 2.30 bits per heavy atom. The molecule has 0 atom stereocenters. The van der Waals surface area contributed by atoms with E-state index in [-0.39, 0.29) is 6.61 Å². The van der Waals surface area contributed by atoms with E-state index in [4.69, 9.17) is 4.74 Å². The van der Waals surface area contributed by atoms with Crippen LogP contribution in [0.25, 0.3) is 0 Å². The second-order valence-electron chi connectivity index (χ2n) is 4.22. The SMILES string of the molecule is CC/C=C\CC/C=C/COC(=O)C(=O)c1ccccc1. The molecule has 1 aromatic rings. The minimum Gasteiger partial charge on any atom is -0.455 e. The van der Waals surface area contributed by atoms with Gasteiger partial charge in [0.1, 0.15) is 6.61 Å². The van der Waals surface area contributed by atoms with Crippen molar-refractivity contribution in [3.8, 4) is 0 Å². The van der Waals surface area contributed by atoms with Crippen LogP contribution in [0.5, 0.6) is 0 Å². The molecule has 1 rings (SSSR count). The molecule has 106 valence electrons. The predicted molar refractivity (Wildman–Crippen MR) is 79.5 cm³/mol. The van der Waals surface area contributed by atoms with Gasteiger partial charge in [-0.15, -0.1) is 0 Å². The van der Waals surface area contributed by atoms with Gasteiger partial charge in [0.25, 0.3) is 5.78 Å². The zero-order valence-corrected chi connectivity index (χ0v) is 11.7. The number of benzene rings is 1. The molecule has 0 fully saturated rings. The second kappa shape index (κ2) is 9.73.